The van der Waals surface area contributed by atoms with E-state index in [-0.39, 0.29) is 5.75 Å². The zero-order valence-electron chi connectivity index (χ0n) is 10.7. The summed E-state index contributed by atoms with van der Waals surface area (Å²) in [6.07, 6.45) is 0. The number of rotatable bonds is 3. The average molecular weight is 325 g/mol. The first-order valence-electron chi connectivity index (χ1n) is 5.77. The summed E-state index contributed by atoms with van der Waals surface area (Å²) in [5, 5.41) is 10.7. The molecule has 0 aliphatic heterocycles. The van der Waals surface area contributed by atoms with Gasteiger partial charge in [-0.25, -0.2) is 4.39 Å². The predicted octanol–water partition coefficient (Wildman–Crippen LogP) is 3.85. The SMILES string of the molecule is COc1cc(C(C)(O)c2cccc(Br)c2)ccc1F. The van der Waals surface area contributed by atoms with Crippen LogP contribution in [0.3, 0.4) is 0 Å². The van der Waals surface area contributed by atoms with Crippen LogP contribution in [-0.2, 0) is 5.60 Å². The number of halogens is 2. The minimum absolute atomic E-state index is 0.118. The monoisotopic (exact) mass is 324 g/mol. The molecule has 1 atom stereocenters. The molecule has 100 valence electrons. The van der Waals surface area contributed by atoms with Gasteiger partial charge < -0.3 is 9.84 Å². The van der Waals surface area contributed by atoms with Gasteiger partial charge in [-0.15, -0.1) is 0 Å². The van der Waals surface area contributed by atoms with Gasteiger partial charge >= 0.3 is 0 Å². The Morgan fingerprint density at radius 2 is 1.84 bits per heavy atom. The molecule has 0 aliphatic carbocycles. The second-order valence-corrected chi connectivity index (χ2v) is 5.35. The van der Waals surface area contributed by atoms with Gasteiger partial charge in [-0.3, -0.25) is 0 Å². The lowest BCUT2D eigenvalue weighted by Crippen LogP contribution is -2.22. The van der Waals surface area contributed by atoms with Crippen molar-refractivity contribution in [3.8, 4) is 5.75 Å². The summed E-state index contributed by atoms with van der Waals surface area (Å²) >= 11 is 3.37. The van der Waals surface area contributed by atoms with E-state index < -0.39 is 11.4 Å². The molecule has 0 saturated heterocycles. The smallest absolute Gasteiger partial charge is 0.165 e. The highest BCUT2D eigenvalue weighted by Gasteiger charge is 2.26. The van der Waals surface area contributed by atoms with Crippen molar-refractivity contribution in [1.82, 2.24) is 0 Å². The summed E-state index contributed by atoms with van der Waals surface area (Å²) in [5.41, 5.74) is 0.0736. The van der Waals surface area contributed by atoms with E-state index in [1.54, 1.807) is 13.0 Å². The average Bonchev–Trinajstić information content (AvgIpc) is 2.39. The Labute approximate surface area is 120 Å². The van der Waals surface area contributed by atoms with Crippen molar-refractivity contribution < 1.29 is 14.2 Å². The van der Waals surface area contributed by atoms with E-state index in [4.69, 9.17) is 4.74 Å². The standard InChI is InChI=1S/C15H14BrFO2/c1-15(18,10-4-3-5-12(16)8-10)11-6-7-13(17)14(9-11)19-2/h3-9,18H,1-2H3. The topological polar surface area (TPSA) is 29.5 Å². The van der Waals surface area contributed by atoms with Crippen molar-refractivity contribution in [2.45, 2.75) is 12.5 Å². The minimum Gasteiger partial charge on any atom is -0.494 e. The van der Waals surface area contributed by atoms with Gasteiger partial charge in [0.15, 0.2) is 11.6 Å². The molecule has 0 bridgehead atoms. The third-order valence-corrected chi connectivity index (χ3v) is 3.59. The first-order chi connectivity index (χ1) is 8.95. The molecule has 4 heteroatoms. The first-order valence-corrected chi connectivity index (χ1v) is 6.57. The summed E-state index contributed by atoms with van der Waals surface area (Å²) < 4.78 is 19.2. The predicted molar refractivity (Wildman–Crippen MR) is 75.8 cm³/mol. The summed E-state index contributed by atoms with van der Waals surface area (Å²) in [5.74, 6) is -0.330. The van der Waals surface area contributed by atoms with Crippen LogP contribution in [0.15, 0.2) is 46.9 Å². The highest BCUT2D eigenvalue weighted by atomic mass is 79.9. The zero-order chi connectivity index (χ0) is 14.0. The summed E-state index contributed by atoms with van der Waals surface area (Å²) in [6, 6.07) is 11.7. The Morgan fingerprint density at radius 3 is 2.47 bits per heavy atom. The van der Waals surface area contributed by atoms with Gasteiger partial charge in [0.05, 0.1) is 7.11 Å². The molecule has 2 nitrogen and oxygen atoms in total. The highest BCUT2D eigenvalue weighted by Crippen LogP contribution is 2.33. The zero-order valence-corrected chi connectivity index (χ0v) is 12.2. The molecule has 2 aromatic rings. The van der Waals surface area contributed by atoms with Crippen LogP contribution in [0.1, 0.15) is 18.1 Å². The van der Waals surface area contributed by atoms with Gasteiger partial charge in [0.25, 0.3) is 0 Å². The fraction of sp³-hybridized carbons (Fsp3) is 0.200. The number of methoxy groups -OCH3 is 1. The second-order valence-electron chi connectivity index (χ2n) is 4.43. The lowest BCUT2D eigenvalue weighted by atomic mass is 9.88. The molecule has 1 N–H and O–H groups in total. The van der Waals surface area contributed by atoms with E-state index in [2.05, 4.69) is 15.9 Å². The second kappa shape index (κ2) is 5.31. The molecule has 0 saturated carbocycles. The number of aliphatic hydroxyl groups is 1. The van der Waals surface area contributed by atoms with Gasteiger partial charge in [-0.1, -0.05) is 34.1 Å². The number of hydrogen-bond acceptors (Lipinski definition) is 2. The molecule has 2 rings (SSSR count). The van der Waals surface area contributed by atoms with Crippen molar-refractivity contribution in [2.24, 2.45) is 0 Å². The van der Waals surface area contributed by atoms with E-state index in [1.807, 2.05) is 24.3 Å². The van der Waals surface area contributed by atoms with Gasteiger partial charge in [0, 0.05) is 4.47 Å². The van der Waals surface area contributed by atoms with Crippen LogP contribution in [0.25, 0.3) is 0 Å². The molecule has 19 heavy (non-hydrogen) atoms. The fourth-order valence-electron chi connectivity index (χ4n) is 1.92. The molecule has 0 heterocycles. The number of benzene rings is 2. The molecule has 0 amide bonds. The quantitative estimate of drug-likeness (QED) is 0.929. The Kier molecular flexibility index (Phi) is 3.92. The lowest BCUT2D eigenvalue weighted by molar-refractivity contribution is 0.102. The molecule has 1 unspecified atom stereocenters. The Balaban J connectivity index is 2.49. The molecule has 0 radical (unpaired) electrons. The van der Waals surface area contributed by atoms with Gasteiger partial charge in [-0.05, 0) is 42.3 Å². The van der Waals surface area contributed by atoms with Crippen molar-refractivity contribution in [3.63, 3.8) is 0 Å². The molecule has 2 aromatic carbocycles. The van der Waals surface area contributed by atoms with Crippen molar-refractivity contribution in [2.75, 3.05) is 7.11 Å². The van der Waals surface area contributed by atoms with Gasteiger partial charge in [-0.2, -0.15) is 0 Å². The van der Waals surface area contributed by atoms with Crippen LogP contribution in [0.2, 0.25) is 0 Å². The molecule has 0 aliphatic rings. The van der Waals surface area contributed by atoms with E-state index in [9.17, 15) is 9.50 Å². The Hall–Kier alpha value is -1.39. The molecule has 0 fully saturated rings. The van der Waals surface area contributed by atoms with Crippen LogP contribution >= 0.6 is 15.9 Å². The van der Waals surface area contributed by atoms with Crippen molar-refractivity contribution >= 4 is 15.9 Å². The normalized spacial score (nSPS) is 13.9. The first kappa shape index (κ1) is 14.0. The largest absolute Gasteiger partial charge is 0.494 e. The Morgan fingerprint density at radius 1 is 1.16 bits per heavy atom. The molecular weight excluding hydrogens is 311 g/mol. The minimum atomic E-state index is -1.22. The maximum Gasteiger partial charge on any atom is 0.165 e. The fourth-order valence-corrected chi connectivity index (χ4v) is 2.32. The highest BCUT2D eigenvalue weighted by molar-refractivity contribution is 9.10. The van der Waals surface area contributed by atoms with Crippen LogP contribution in [-0.4, -0.2) is 12.2 Å². The lowest BCUT2D eigenvalue weighted by Gasteiger charge is -2.25. The maximum atomic E-state index is 13.4. The van der Waals surface area contributed by atoms with E-state index in [0.29, 0.717) is 5.56 Å². The van der Waals surface area contributed by atoms with Crippen LogP contribution < -0.4 is 4.74 Å². The summed E-state index contributed by atoms with van der Waals surface area (Å²) in [6.45, 7) is 1.67. The van der Waals surface area contributed by atoms with E-state index >= 15 is 0 Å². The molecule has 0 spiro atoms. The maximum absolute atomic E-state index is 13.4. The third kappa shape index (κ3) is 2.80. The van der Waals surface area contributed by atoms with Crippen molar-refractivity contribution in [1.29, 1.82) is 0 Å². The van der Waals surface area contributed by atoms with Gasteiger partial charge in [0.1, 0.15) is 5.60 Å². The van der Waals surface area contributed by atoms with Crippen molar-refractivity contribution in [3.05, 3.63) is 63.9 Å². The summed E-state index contributed by atoms with van der Waals surface area (Å²) in [7, 11) is 1.40. The summed E-state index contributed by atoms with van der Waals surface area (Å²) in [4.78, 5) is 0. The van der Waals surface area contributed by atoms with Crippen LogP contribution in [0.5, 0.6) is 5.75 Å². The molecular formula is C15H14BrFO2. The Bertz CT molecular complexity index is 596. The molecule has 0 aromatic heterocycles. The van der Waals surface area contributed by atoms with Crippen LogP contribution in [0, 0.1) is 5.82 Å². The van der Waals surface area contributed by atoms with E-state index in [1.165, 1.54) is 19.2 Å². The third-order valence-electron chi connectivity index (χ3n) is 3.10. The number of ether oxygens (including phenoxy) is 1. The number of hydrogen-bond donors (Lipinski definition) is 1. The van der Waals surface area contributed by atoms with Crippen LogP contribution in [0.4, 0.5) is 4.39 Å². The van der Waals surface area contributed by atoms with Gasteiger partial charge in [0.2, 0.25) is 0 Å². The van der Waals surface area contributed by atoms with E-state index in [0.717, 1.165) is 10.0 Å².